The van der Waals surface area contributed by atoms with E-state index < -0.39 is 0 Å². The second-order valence-electron chi connectivity index (χ2n) is 3.46. The van der Waals surface area contributed by atoms with E-state index in [1.807, 2.05) is 18.2 Å². The minimum Gasteiger partial charge on any atom is -0.426 e. The van der Waals surface area contributed by atoms with Gasteiger partial charge in [-0.05, 0) is 24.5 Å². The van der Waals surface area contributed by atoms with Crippen LogP contribution in [-0.2, 0) is 11.2 Å². The summed E-state index contributed by atoms with van der Waals surface area (Å²) in [5.74, 6) is 0.874. The summed E-state index contributed by atoms with van der Waals surface area (Å²) in [6.45, 7) is 5.07. The SMILES string of the molecule is C=Cc1ccc(CCCCl)cc1OC(C)=O. The average Bonchev–Trinajstić information content (AvgIpc) is 2.26. The maximum absolute atomic E-state index is 10.9. The van der Waals surface area contributed by atoms with Crippen LogP contribution in [0.2, 0.25) is 0 Å². The highest BCUT2D eigenvalue weighted by Gasteiger charge is 2.05. The first-order chi connectivity index (χ1) is 7.67. The summed E-state index contributed by atoms with van der Waals surface area (Å²) in [5, 5.41) is 0. The molecule has 0 aliphatic heterocycles. The van der Waals surface area contributed by atoms with Gasteiger partial charge in [-0.2, -0.15) is 0 Å². The molecular formula is C13H15ClO2. The standard InChI is InChI=1S/C13H15ClO2/c1-3-12-7-6-11(5-4-8-14)9-13(12)16-10(2)15/h3,6-7,9H,1,4-5,8H2,2H3. The Kier molecular flexibility index (Phi) is 5.06. The number of aryl methyl sites for hydroxylation is 1. The third-order valence-electron chi connectivity index (χ3n) is 2.15. The topological polar surface area (TPSA) is 26.3 Å². The fraction of sp³-hybridized carbons (Fsp3) is 0.308. The number of alkyl halides is 1. The molecular weight excluding hydrogens is 224 g/mol. The van der Waals surface area contributed by atoms with E-state index in [-0.39, 0.29) is 5.97 Å². The van der Waals surface area contributed by atoms with E-state index in [4.69, 9.17) is 16.3 Å². The fourth-order valence-electron chi connectivity index (χ4n) is 1.42. The van der Waals surface area contributed by atoms with Crippen LogP contribution in [0.1, 0.15) is 24.5 Å². The zero-order chi connectivity index (χ0) is 12.0. The Morgan fingerprint density at radius 2 is 2.31 bits per heavy atom. The van der Waals surface area contributed by atoms with E-state index in [1.54, 1.807) is 6.08 Å². The van der Waals surface area contributed by atoms with E-state index in [0.29, 0.717) is 11.6 Å². The van der Waals surface area contributed by atoms with Crippen molar-refractivity contribution < 1.29 is 9.53 Å². The minimum atomic E-state index is -0.322. The number of hydrogen-bond donors (Lipinski definition) is 0. The fourth-order valence-corrected chi connectivity index (χ4v) is 1.55. The van der Waals surface area contributed by atoms with Gasteiger partial charge in [0, 0.05) is 18.4 Å². The highest BCUT2D eigenvalue weighted by atomic mass is 35.5. The third-order valence-corrected chi connectivity index (χ3v) is 2.42. The molecule has 16 heavy (non-hydrogen) atoms. The highest BCUT2D eigenvalue weighted by molar-refractivity contribution is 6.17. The largest absolute Gasteiger partial charge is 0.426 e. The molecule has 0 amide bonds. The van der Waals surface area contributed by atoms with E-state index in [1.165, 1.54) is 6.92 Å². The molecule has 1 aromatic carbocycles. The van der Waals surface area contributed by atoms with E-state index in [2.05, 4.69) is 6.58 Å². The Labute approximate surface area is 101 Å². The van der Waals surface area contributed by atoms with Crippen molar-refractivity contribution in [3.63, 3.8) is 0 Å². The molecule has 0 bridgehead atoms. The van der Waals surface area contributed by atoms with Gasteiger partial charge in [0.15, 0.2) is 0 Å². The molecule has 0 saturated heterocycles. The normalized spacial score (nSPS) is 9.88. The Morgan fingerprint density at radius 3 is 2.88 bits per heavy atom. The van der Waals surface area contributed by atoms with Crippen LogP contribution in [-0.4, -0.2) is 11.8 Å². The Morgan fingerprint density at radius 1 is 1.56 bits per heavy atom. The number of rotatable bonds is 5. The van der Waals surface area contributed by atoms with Crippen LogP contribution in [0.25, 0.3) is 6.08 Å². The Hall–Kier alpha value is -1.28. The molecule has 0 aromatic heterocycles. The molecule has 0 radical (unpaired) electrons. The molecule has 0 unspecified atom stereocenters. The molecule has 1 aromatic rings. The number of ether oxygens (including phenoxy) is 1. The second-order valence-corrected chi connectivity index (χ2v) is 3.84. The van der Waals surface area contributed by atoms with E-state index >= 15 is 0 Å². The van der Waals surface area contributed by atoms with Crippen molar-refractivity contribution in [3.8, 4) is 5.75 Å². The first-order valence-electron chi connectivity index (χ1n) is 5.17. The summed E-state index contributed by atoms with van der Waals surface area (Å²) in [6, 6.07) is 5.76. The Balaban J connectivity index is 2.91. The lowest BCUT2D eigenvalue weighted by atomic mass is 10.1. The van der Waals surface area contributed by atoms with Gasteiger partial charge in [-0.15, -0.1) is 11.6 Å². The third kappa shape index (κ3) is 3.70. The van der Waals surface area contributed by atoms with Crippen LogP contribution in [0.3, 0.4) is 0 Å². The maximum Gasteiger partial charge on any atom is 0.308 e. The van der Waals surface area contributed by atoms with Crippen LogP contribution in [0.4, 0.5) is 0 Å². The van der Waals surface area contributed by atoms with Crippen LogP contribution in [0.15, 0.2) is 24.8 Å². The molecule has 0 N–H and O–H groups in total. The second kappa shape index (κ2) is 6.33. The predicted octanol–water partition coefficient (Wildman–Crippen LogP) is 3.43. The van der Waals surface area contributed by atoms with Crippen LogP contribution in [0.5, 0.6) is 5.75 Å². The van der Waals surface area contributed by atoms with Crippen LogP contribution in [0, 0.1) is 0 Å². The van der Waals surface area contributed by atoms with Crippen LogP contribution >= 0.6 is 11.6 Å². The van der Waals surface area contributed by atoms with Crippen molar-refractivity contribution in [1.29, 1.82) is 0 Å². The molecule has 0 saturated carbocycles. The van der Waals surface area contributed by atoms with Gasteiger partial charge in [0.1, 0.15) is 5.75 Å². The first kappa shape index (κ1) is 12.8. The lowest BCUT2D eigenvalue weighted by Crippen LogP contribution is -2.03. The van der Waals surface area contributed by atoms with Gasteiger partial charge in [-0.3, -0.25) is 4.79 Å². The zero-order valence-corrected chi connectivity index (χ0v) is 10.1. The van der Waals surface area contributed by atoms with Crippen molar-refractivity contribution >= 4 is 23.6 Å². The van der Waals surface area contributed by atoms with Gasteiger partial charge in [0.25, 0.3) is 0 Å². The van der Waals surface area contributed by atoms with Crippen molar-refractivity contribution in [2.45, 2.75) is 19.8 Å². The quantitative estimate of drug-likeness (QED) is 0.446. The number of esters is 1. The number of hydrogen-bond acceptors (Lipinski definition) is 2. The average molecular weight is 239 g/mol. The monoisotopic (exact) mass is 238 g/mol. The first-order valence-corrected chi connectivity index (χ1v) is 5.70. The summed E-state index contributed by atoms with van der Waals surface area (Å²) in [5.41, 5.74) is 1.94. The lowest BCUT2D eigenvalue weighted by molar-refractivity contribution is -0.131. The van der Waals surface area contributed by atoms with Gasteiger partial charge in [-0.25, -0.2) is 0 Å². The van der Waals surface area contributed by atoms with Gasteiger partial charge in [0.2, 0.25) is 0 Å². The molecule has 0 fully saturated rings. The van der Waals surface area contributed by atoms with E-state index in [0.717, 1.165) is 24.0 Å². The number of halogens is 1. The summed E-state index contributed by atoms with van der Waals surface area (Å²) in [6.07, 6.45) is 3.47. The van der Waals surface area contributed by atoms with Crippen molar-refractivity contribution in [2.75, 3.05) is 5.88 Å². The molecule has 0 aliphatic carbocycles. The van der Waals surface area contributed by atoms with Crippen molar-refractivity contribution in [3.05, 3.63) is 35.9 Å². The molecule has 0 heterocycles. The number of carbonyl (C=O) groups is 1. The summed E-state index contributed by atoms with van der Waals surface area (Å²) >= 11 is 5.63. The van der Waals surface area contributed by atoms with E-state index in [9.17, 15) is 4.79 Å². The smallest absolute Gasteiger partial charge is 0.308 e. The van der Waals surface area contributed by atoms with Crippen LogP contribution < -0.4 is 4.74 Å². The van der Waals surface area contributed by atoms with Gasteiger partial charge >= 0.3 is 5.97 Å². The van der Waals surface area contributed by atoms with Gasteiger partial charge in [-0.1, -0.05) is 24.8 Å². The summed E-state index contributed by atoms with van der Waals surface area (Å²) < 4.78 is 5.11. The van der Waals surface area contributed by atoms with Crippen molar-refractivity contribution in [2.24, 2.45) is 0 Å². The van der Waals surface area contributed by atoms with Gasteiger partial charge < -0.3 is 4.74 Å². The molecule has 0 aliphatic rings. The van der Waals surface area contributed by atoms with Crippen molar-refractivity contribution in [1.82, 2.24) is 0 Å². The summed E-state index contributed by atoms with van der Waals surface area (Å²) in [7, 11) is 0. The zero-order valence-electron chi connectivity index (χ0n) is 9.33. The number of benzene rings is 1. The maximum atomic E-state index is 10.9. The molecule has 1 rings (SSSR count). The molecule has 86 valence electrons. The molecule has 2 nitrogen and oxygen atoms in total. The highest BCUT2D eigenvalue weighted by Crippen LogP contribution is 2.22. The minimum absolute atomic E-state index is 0.322. The van der Waals surface area contributed by atoms with Gasteiger partial charge in [0.05, 0.1) is 0 Å². The molecule has 3 heteroatoms. The Bertz CT molecular complexity index is 386. The summed E-state index contributed by atoms with van der Waals surface area (Å²) in [4.78, 5) is 10.9. The molecule has 0 atom stereocenters. The number of carbonyl (C=O) groups excluding carboxylic acids is 1. The molecule has 0 spiro atoms. The predicted molar refractivity (Wildman–Crippen MR) is 66.9 cm³/mol. The lowest BCUT2D eigenvalue weighted by Gasteiger charge is -2.08.